The number of methoxy groups -OCH3 is 2. The summed E-state index contributed by atoms with van der Waals surface area (Å²) in [6.45, 7) is 1.48. The number of benzene rings is 1. The standard InChI is InChI=1S/C13H17BrN2O3/c1-18-11-4-3-8(5-9(11)14)13(17)16-10-6-15-7-12(10)19-2/h3-5,10,12,15H,6-7H2,1-2H3,(H,16,17)/t10?,12-/m0/s1. The number of hydrogen-bond donors (Lipinski definition) is 2. The molecule has 0 aromatic heterocycles. The zero-order valence-electron chi connectivity index (χ0n) is 10.9. The fourth-order valence-corrected chi connectivity index (χ4v) is 2.65. The van der Waals surface area contributed by atoms with Crippen LogP contribution < -0.4 is 15.4 Å². The van der Waals surface area contributed by atoms with Crippen molar-refractivity contribution in [2.75, 3.05) is 27.3 Å². The van der Waals surface area contributed by atoms with Crippen molar-refractivity contribution in [3.8, 4) is 5.75 Å². The van der Waals surface area contributed by atoms with Crippen LogP contribution in [0.15, 0.2) is 22.7 Å². The molecule has 1 aromatic carbocycles. The first kappa shape index (κ1) is 14.3. The van der Waals surface area contributed by atoms with E-state index < -0.39 is 0 Å². The Morgan fingerprint density at radius 2 is 2.21 bits per heavy atom. The Labute approximate surface area is 120 Å². The van der Waals surface area contributed by atoms with E-state index in [2.05, 4.69) is 26.6 Å². The molecule has 19 heavy (non-hydrogen) atoms. The Kier molecular flexibility index (Phi) is 4.79. The van der Waals surface area contributed by atoms with E-state index in [0.29, 0.717) is 11.3 Å². The predicted molar refractivity (Wildman–Crippen MR) is 75.6 cm³/mol. The zero-order chi connectivity index (χ0) is 13.8. The number of carbonyl (C=O) groups excluding carboxylic acids is 1. The van der Waals surface area contributed by atoms with E-state index in [0.717, 1.165) is 17.6 Å². The number of amides is 1. The molecular weight excluding hydrogens is 312 g/mol. The molecule has 1 amide bonds. The third kappa shape index (κ3) is 3.26. The van der Waals surface area contributed by atoms with Crippen LogP contribution in [-0.4, -0.2) is 45.4 Å². The molecule has 1 aliphatic rings. The smallest absolute Gasteiger partial charge is 0.251 e. The maximum atomic E-state index is 12.2. The first-order chi connectivity index (χ1) is 9.15. The van der Waals surface area contributed by atoms with Crippen molar-refractivity contribution in [3.63, 3.8) is 0 Å². The highest BCUT2D eigenvalue weighted by Gasteiger charge is 2.28. The summed E-state index contributed by atoms with van der Waals surface area (Å²) >= 11 is 3.37. The largest absolute Gasteiger partial charge is 0.496 e. The van der Waals surface area contributed by atoms with Gasteiger partial charge in [0.15, 0.2) is 0 Å². The van der Waals surface area contributed by atoms with Gasteiger partial charge in [0.2, 0.25) is 0 Å². The van der Waals surface area contributed by atoms with Gasteiger partial charge in [0, 0.05) is 25.8 Å². The molecule has 1 aliphatic heterocycles. The molecule has 6 heteroatoms. The number of rotatable bonds is 4. The summed E-state index contributed by atoms with van der Waals surface area (Å²) in [4.78, 5) is 12.2. The van der Waals surface area contributed by atoms with Crippen molar-refractivity contribution in [2.45, 2.75) is 12.1 Å². The van der Waals surface area contributed by atoms with Gasteiger partial charge in [0.1, 0.15) is 5.75 Å². The molecule has 2 atom stereocenters. The number of carbonyl (C=O) groups is 1. The van der Waals surface area contributed by atoms with E-state index in [1.54, 1.807) is 32.4 Å². The van der Waals surface area contributed by atoms with Crippen LogP contribution >= 0.6 is 15.9 Å². The predicted octanol–water partition coefficient (Wildman–Crippen LogP) is 1.17. The summed E-state index contributed by atoms with van der Waals surface area (Å²) in [6, 6.07) is 5.25. The first-order valence-corrected chi connectivity index (χ1v) is 6.83. The van der Waals surface area contributed by atoms with Crippen molar-refractivity contribution in [1.82, 2.24) is 10.6 Å². The van der Waals surface area contributed by atoms with Crippen LogP contribution in [0.2, 0.25) is 0 Å². The molecule has 2 N–H and O–H groups in total. The molecule has 2 rings (SSSR count). The molecule has 0 aliphatic carbocycles. The molecule has 1 aromatic rings. The summed E-state index contributed by atoms with van der Waals surface area (Å²) in [5.74, 6) is 0.591. The minimum atomic E-state index is -0.112. The minimum Gasteiger partial charge on any atom is -0.496 e. The van der Waals surface area contributed by atoms with E-state index in [4.69, 9.17) is 9.47 Å². The third-order valence-electron chi connectivity index (χ3n) is 3.19. The molecule has 0 spiro atoms. The molecule has 5 nitrogen and oxygen atoms in total. The zero-order valence-corrected chi connectivity index (χ0v) is 12.5. The molecule has 0 radical (unpaired) electrons. The lowest BCUT2D eigenvalue weighted by atomic mass is 10.1. The van der Waals surface area contributed by atoms with E-state index in [1.165, 1.54) is 0 Å². The van der Waals surface area contributed by atoms with Crippen LogP contribution in [0.3, 0.4) is 0 Å². The van der Waals surface area contributed by atoms with Gasteiger partial charge in [-0.25, -0.2) is 0 Å². The Balaban J connectivity index is 2.05. The number of ether oxygens (including phenoxy) is 2. The Bertz CT molecular complexity index is 467. The van der Waals surface area contributed by atoms with Crippen molar-refractivity contribution < 1.29 is 14.3 Å². The van der Waals surface area contributed by atoms with Crippen LogP contribution in [0.5, 0.6) is 5.75 Å². The van der Waals surface area contributed by atoms with Gasteiger partial charge in [0.05, 0.1) is 23.7 Å². The van der Waals surface area contributed by atoms with Gasteiger partial charge in [-0.3, -0.25) is 4.79 Å². The maximum absolute atomic E-state index is 12.2. The second-order valence-corrected chi connectivity index (χ2v) is 5.22. The van der Waals surface area contributed by atoms with Crippen LogP contribution in [0, 0.1) is 0 Å². The second kappa shape index (κ2) is 6.36. The van der Waals surface area contributed by atoms with Crippen molar-refractivity contribution in [2.24, 2.45) is 0 Å². The molecule has 1 fully saturated rings. The summed E-state index contributed by atoms with van der Waals surface area (Å²) in [5.41, 5.74) is 0.592. The van der Waals surface area contributed by atoms with Crippen LogP contribution in [0.1, 0.15) is 10.4 Å². The second-order valence-electron chi connectivity index (χ2n) is 4.36. The topological polar surface area (TPSA) is 59.6 Å². The van der Waals surface area contributed by atoms with Gasteiger partial charge in [-0.15, -0.1) is 0 Å². The first-order valence-electron chi connectivity index (χ1n) is 6.03. The van der Waals surface area contributed by atoms with Crippen molar-refractivity contribution >= 4 is 21.8 Å². The highest BCUT2D eigenvalue weighted by atomic mass is 79.9. The van der Waals surface area contributed by atoms with E-state index in [-0.39, 0.29) is 18.1 Å². The molecule has 1 saturated heterocycles. The molecule has 0 saturated carbocycles. The summed E-state index contributed by atoms with van der Waals surface area (Å²) in [5, 5.41) is 6.16. The Morgan fingerprint density at radius 3 is 2.84 bits per heavy atom. The quantitative estimate of drug-likeness (QED) is 0.871. The fourth-order valence-electron chi connectivity index (χ4n) is 2.11. The molecule has 1 heterocycles. The van der Waals surface area contributed by atoms with E-state index >= 15 is 0 Å². The van der Waals surface area contributed by atoms with Gasteiger partial charge >= 0.3 is 0 Å². The van der Waals surface area contributed by atoms with Gasteiger partial charge < -0.3 is 20.1 Å². The lowest BCUT2D eigenvalue weighted by Crippen LogP contribution is -2.43. The molecular formula is C13H17BrN2O3. The van der Waals surface area contributed by atoms with Crippen LogP contribution in [0.25, 0.3) is 0 Å². The average molecular weight is 329 g/mol. The Morgan fingerprint density at radius 1 is 1.42 bits per heavy atom. The summed E-state index contributed by atoms with van der Waals surface area (Å²) < 4.78 is 11.2. The van der Waals surface area contributed by atoms with Gasteiger partial charge in [-0.1, -0.05) is 0 Å². The lowest BCUT2D eigenvalue weighted by Gasteiger charge is -2.18. The van der Waals surface area contributed by atoms with Gasteiger partial charge in [0.25, 0.3) is 5.91 Å². The monoisotopic (exact) mass is 328 g/mol. The normalized spacial score (nSPS) is 22.3. The molecule has 104 valence electrons. The SMILES string of the molecule is COc1ccc(C(=O)NC2CNC[C@@H]2OC)cc1Br. The number of hydrogen-bond acceptors (Lipinski definition) is 4. The highest BCUT2D eigenvalue weighted by molar-refractivity contribution is 9.10. The van der Waals surface area contributed by atoms with E-state index in [9.17, 15) is 4.79 Å². The number of halogens is 1. The lowest BCUT2D eigenvalue weighted by molar-refractivity contribution is 0.0780. The number of nitrogens with one attached hydrogen (secondary N) is 2. The fraction of sp³-hybridized carbons (Fsp3) is 0.462. The maximum Gasteiger partial charge on any atom is 0.251 e. The minimum absolute atomic E-state index is 0.00150. The van der Waals surface area contributed by atoms with Gasteiger partial charge in [-0.05, 0) is 34.1 Å². The highest BCUT2D eigenvalue weighted by Crippen LogP contribution is 2.25. The van der Waals surface area contributed by atoms with Crippen molar-refractivity contribution in [1.29, 1.82) is 0 Å². The van der Waals surface area contributed by atoms with Crippen molar-refractivity contribution in [3.05, 3.63) is 28.2 Å². The van der Waals surface area contributed by atoms with Crippen LogP contribution in [0.4, 0.5) is 0 Å². The third-order valence-corrected chi connectivity index (χ3v) is 3.81. The van der Waals surface area contributed by atoms with E-state index in [1.807, 2.05) is 0 Å². The Hall–Kier alpha value is -1.11. The summed E-state index contributed by atoms with van der Waals surface area (Å²) in [7, 11) is 3.24. The molecule has 0 bridgehead atoms. The van der Waals surface area contributed by atoms with Gasteiger partial charge in [-0.2, -0.15) is 0 Å². The average Bonchev–Trinajstić information content (AvgIpc) is 2.85. The molecule has 1 unspecified atom stereocenters. The summed E-state index contributed by atoms with van der Waals surface area (Å²) in [6.07, 6.45) is 0.0191. The van der Waals surface area contributed by atoms with Crippen LogP contribution in [-0.2, 0) is 4.74 Å².